The van der Waals surface area contributed by atoms with Crippen molar-refractivity contribution in [3.63, 3.8) is 0 Å². The Bertz CT molecular complexity index is 207. The van der Waals surface area contributed by atoms with Crippen molar-refractivity contribution < 1.29 is 22.7 Å². The van der Waals surface area contributed by atoms with Crippen molar-refractivity contribution in [3.8, 4) is 0 Å². The molecule has 1 unspecified atom stereocenters. The van der Waals surface area contributed by atoms with Crippen LogP contribution in [0.1, 0.15) is 32.6 Å². The normalized spacial score (nSPS) is 13.6. The fourth-order valence-corrected chi connectivity index (χ4v) is 1.38. The predicted molar refractivity (Wildman–Crippen MR) is 53.7 cm³/mol. The Balaban J connectivity index is 4.21. The van der Waals surface area contributed by atoms with Gasteiger partial charge in [-0.15, -0.1) is 0 Å². The number of hydrogen-bond donors (Lipinski definition) is 1. The van der Waals surface area contributed by atoms with Crippen molar-refractivity contribution >= 4 is 5.97 Å². The highest BCUT2D eigenvalue weighted by atomic mass is 19.4. The van der Waals surface area contributed by atoms with Crippen molar-refractivity contribution in [1.29, 1.82) is 0 Å². The Morgan fingerprint density at radius 2 is 2.00 bits per heavy atom. The fourth-order valence-electron chi connectivity index (χ4n) is 1.38. The molecule has 0 amide bonds. The van der Waals surface area contributed by atoms with E-state index in [1.165, 1.54) is 0 Å². The van der Waals surface area contributed by atoms with Crippen molar-refractivity contribution in [2.45, 2.75) is 38.8 Å². The second kappa shape index (κ2) is 7.49. The van der Waals surface area contributed by atoms with Gasteiger partial charge in [0.2, 0.25) is 0 Å². The van der Waals surface area contributed by atoms with Gasteiger partial charge in [-0.1, -0.05) is 6.42 Å². The molecule has 0 saturated heterocycles. The lowest BCUT2D eigenvalue weighted by molar-refractivity contribution is -0.168. The van der Waals surface area contributed by atoms with Gasteiger partial charge in [-0.25, -0.2) is 0 Å². The maximum atomic E-state index is 12.2. The summed E-state index contributed by atoms with van der Waals surface area (Å²) in [5, 5.41) is 0. The highest BCUT2D eigenvalue weighted by Gasteiger charge is 2.35. The topological polar surface area (TPSA) is 52.3 Å². The van der Waals surface area contributed by atoms with E-state index in [4.69, 9.17) is 5.73 Å². The van der Waals surface area contributed by atoms with Crippen LogP contribution in [0.15, 0.2) is 0 Å². The Morgan fingerprint density at radius 3 is 2.44 bits per heavy atom. The number of carbonyl (C=O) groups is 1. The first-order valence-corrected chi connectivity index (χ1v) is 5.34. The molecule has 16 heavy (non-hydrogen) atoms. The summed E-state index contributed by atoms with van der Waals surface area (Å²) in [6, 6.07) is 0. The second-order valence-corrected chi connectivity index (χ2v) is 3.55. The summed E-state index contributed by atoms with van der Waals surface area (Å²) in [5.41, 5.74) is 5.24. The Hall–Kier alpha value is -0.780. The summed E-state index contributed by atoms with van der Waals surface area (Å²) in [7, 11) is 0. The molecule has 0 heterocycles. The lowest BCUT2D eigenvalue weighted by Gasteiger charge is -2.16. The smallest absolute Gasteiger partial charge is 0.389 e. The molecule has 0 fully saturated rings. The largest absolute Gasteiger partial charge is 0.466 e. The van der Waals surface area contributed by atoms with Crippen molar-refractivity contribution in [2.24, 2.45) is 11.7 Å². The standard InChI is InChI=1S/C10H18F3NO2/c1-2-16-9(15)8(5-3-4-6-14)7-10(11,12)13/h8H,2-7,14H2,1H3. The van der Waals surface area contributed by atoms with Gasteiger partial charge >= 0.3 is 12.1 Å². The molecule has 2 N–H and O–H groups in total. The minimum atomic E-state index is -4.33. The van der Waals surface area contributed by atoms with E-state index in [1.54, 1.807) is 6.92 Å². The van der Waals surface area contributed by atoms with Crippen LogP contribution in [-0.2, 0) is 9.53 Å². The molecule has 0 aliphatic heterocycles. The van der Waals surface area contributed by atoms with E-state index in [-0.39, 0.29) is 13.0 Å². The third kappa shape index (κ3) is 7.50. The molecule has 96 valence electrons. The van der Waals surface area contributed by atoms with Gasteiger partial charge in [0, 0.05) is 0 Å². The van der Waals surface area contributed by atoms with Gasteiger partial charge in [-0.3, -0.25) is 4.79 Å². The summed E-state index contributed by atoms with van der Waals surface area (Å²) in [4.78, 5) is 11.3. The molecule has 3 nitrogen and oxygen atoms in total. The molecule has 1 atom stereocenters. The van der Waals surface area contributed by atoms with Crippen molar-refractivity contribution in [3.05, 3.63) is 0 Å². The number of alkyl halides is 3. The lowest BCUT2D eigenvalue weighted by atomic mass is 9.98. The molecule has 0 aromatic carbocycles. The maximum absolute atomic E-state index is 12.2. The summed E-state index contributed by atoms with van der Waals surface area (Å²) < 4.78 is 41.2. The zero-order valence-electron chi connectivity index (χ0n) is 9.35. The number of rotatable bonds is 7. The number of nitrogens with two attached hydrogens (primary N) is 1. The van der Waals surface area contributed by atoms with Crippen LogP contribution in [0, 0.1) is 5.92 Å². The van der Waals surface area contributed by atoms with Gasteiger partial charge in [-0.2, -0.15) is 13.2 Å². The summed E-state index contributed by atoms with van der Waals surface area (Å²) >= 11 is 0. The number of esters is 1. The van der Waals surface area contributed by atoms with Crippen LogP contribution in [0.25, 0.3) is 0 Å². The number of halogens is 3. The van der Waals surface area contributed by atoms with Crippen LogP contribution in [0.2, 0.25) is 0 Å². The van der Waals surface area contributed by atoms with E-state index in [1.807, 2.05) is 0 Å². The monoisotopic (exact) mass is 241 g/mol. The van der Waals surface area contributed by atoms with E-state index >= 15 is 0 Å². The van der Waals surface area contributed by atoms with Crippen LogP contribution in [-0.4, -0.2) is 25.3 Å². The Kier molecular flexibility index (Phi) is 7.12. The summed E-state index contributed by atoms with van der Waals surface area (Å²) in [5.74, 6) is -1.86. The molecule has 0 aliphatic rings. The molecule has 0 saturated carbocycles. The van der Waals surface area contributed by atoms with Gasteiger partial charge < -0.3 is 10.5 Å². The molecule has 0 spiro atoms. The molecule has 0 radical (unpaired) electrons. The van der Waals surface area contributed by atoms with Gasteiger partial charge in [0.1, 0.15) is 0 Å². The third-order valence-electron chi connectivity index (χ3n) is 2.10. The molecule has 0 rings (SSSR count). The first-order valence-electron chi connectivity index (χ1n) is 5.34. The van der Waals surface area contributed by atoms with E-state index in [0.717, 1.165) is 0 Å². The Morgan fingerprint density at radius 1 is 1.38 bits per heavy atom. The van der Waals surface area contributed by atoms with Gasteiger partial charge in [0.15, 0.2) is 0 Å². The van der Waals surface area contributed by atoms with Crippen molar-refractivity contribution in [1.82, 2.24) is 0 Å². The summed E-state index contributed by atoms with van der Waals surface area (Å²) in [6.07, 6.45) is -4.14. The molecule has 0 bridgehead atoms. The molecule has 6 heteroatoms. The Labute approximate surface area is 93.1 Å². The molecular formula is C10H18F3NO2. The number of hydrogen-bond acceptors (Lipinski definition) is 3. The second-order valence-electron chi connectivity index (χ2n) is 3.55. The van der Waals surface area contributed by atoms with Gasteiger partial charge in [-0.05, 0) is 26.3 Å². The van der Waals surface area contributed by atoms with E-state index in [9.17, 15) is 18.0 Å². The molecule has 0 aromatic heterocycles. The van der Waals surface area contributed by atoms with Gasteiger partial charge in [0.25, 0.3) is 0 Å². The zero-order chi connectivity index (χ0) is 12.6. The van der Waals surface area contributed by atoms with Crippen molar-refractivity contribution in [2.75, 3.05) is 13.2 Å². The quantitative estimate of drug-likeness (QED) is 0.549. The minimum Gasteiger partial charge on any atom is -0.466 e. The summed E-state index contributed by atoms with van der Waals surface area (Å²) in [6.45, 7) is 2.09. The van der Waals surface area contributed by atoms with E-state index in [2.05, 4.69) is 4.74 Å². The first-order chi connectivity index (χ1) is 7.40. The SMILES string of the molecule is CCOC(=O)C(CCCCN)CC(F)(F)F. The van der Waals surface area contributed by atoms with Gasteiger partial charge in [0.05, 0.1) is 18.9 Å². The average molecular weight is 241 g/mol. The fraction of sp³-hybridized carbons (Fsp3) is 0.900. The van der Waals surface area contributed by atoms with Crippen LogP contribution in [0.4, 0.5) is 13.2 Å². The first kappa shape index (κ1) is 15.2. The highest BCUT2D eigenvalue weighted by molar-refractivity contribution is 5.72. The number of carbonyl (C=O) groups excluding carboxylic acids is 1. The average Bonchev–Trinajstić information content (AvgIpc) is 2.15. The zero-order valence-corrected chi connectivity index (χ0v) is 9.35. The molecular weight excluding hydrogens is 223 g/mol. The highest BCUT2D eigenvalue weighted by Crippen LogP contribution is 2.28. The minimum absolute atomic E-state index is 0.101. The van der Waals surface area contributed by atoms with Crippen LogP contribution in [0.3, 0.4) is 0 Å². The lowest BCUT2D eigenvalue weighted by Crippen LogP contribution is -2.24. The van der Waals surface area contributed by atoms with Crippen LogP contribution in [0.5, 0.6) is 0 Å². The predicted octanol–water partition coefficient (Wildman–Crippen LogP) is 2.25. The third-order valence-corrected chi connectivity index (χ3v) is 2.10. The van der Waals surface area contributed by atoms with Crippen LogP contribution < -0.4 is 5.73 Å². The maximum Gasteiger partial charge on any atom is 0.389 e. The molecule has 0 aliphatic carbocycles. The van der Waals surface area contributed by atoms with E-state index in [0.29, 0.717) is 19.4 Å². The number of ether oxygens (including phenoxy) is 1. The van der Waals surface area contributed by atoms with E-state index < -0.39 is 24.5 Å². The van der Waals surface area contributed by atoms with Crippen LogP contribution >= 0.6 is 0 Å². The molecule has 0 aromatic rings. The number of unbranched alkanes of at least 4 members (excludes halogenated alkanes) is 1.